The van der Waals surface area contributed by atoms with Crippen molar-refractivity contribution in [2.45, 2.75) is 24.1 Å². The van der Waals surface area contributed by atoms with Crippen molar-refractivity contribution in [1.82, 2.24) is 14.7 Å². The molecule has 0 radical (unpaired) electrons. The van der Waals surface area contributed by atoms with Crippen molar-refractivity contribution in [3.63, 3.8) is 0 Å². The van der Waals surface area contributed by atoms with E-state index in [9.17, 15) is 8.42 Å². The van der Waals surface area contributed by atoms with Crippen molar-refractivity contribution in [3.05, 3.63) is 59.4 Å². The van der Waals surface area contributed by atoms with Crippen molar-refractivity contribution in [1.29, 1.82) is 0 Å². The Bertz CT molecular complexity index is 905. The first-order valence-corrected chi connectivity index (χ1v) is 9.72. The van der Waals surface area contributed by atoms with Gasteiger partial charge in [0.05, 0.1) is 28.2 Å². The van der Waals surface area contributed by atoms with E-state index >= 15 is 0 Å². The fraction of sp³-hybridized carbons (Fsp3) is 0.250. The summed E-state index contributed by atoms with van der Waals surface area (Å²) in [5, 5.41) is 0.425. The Labute approximate surface area is 138 Å². The highest BCUT2D eigenvalue weighted by molar-refractivity contribution is 7.90. The van der Waals surface area contributed by atoms with Crippen molar-refractivity contribution >= 4 is 31.6 Å². The minimum Gasteiger partial charge on any atom is -0.262 e. The Hall–Kier alpha value is -1.83. The van der Waals surface area contributed by atoms with Crippen LogP contribution in [0.3, 0.4) is 0 Å². The van der Waals surface area contributed by atoms with E-state index in [1.807, 2.05) is 36.4 Å². The first-order valence-electron chi connectivity index (χ1n) is 7.36. The molecule has 7 heteroatoms. The molecule has 1 N–H and O–H groups in total. The molecule has 2 heterocycles. The molecule has 3 aromatic rings. The second-order valence-corrected chi connectivity index (χ2v) is 8.71. The molecule has 0 bridgehead atoms. The zero-order valence-electron chi connectivity index (χ0n) is 12.2. The fourth-order valence-electron chi connectivity index (χ4n) is 2.74. The SMILES string of the molecule is O=S(=O)(NCc1nc2cnccc2s1)[C@@H]1C[C@H]1c1ccccc1. The molecular formula is C16H15N3O2S2. The van der Waals surface area contributed by atoms with E-state index in [2.05, 4.69) is 14.7 Å². The fourth-order valence-corrected chi connectivity index (χ4v) is 5.31. The molecule has 5 nitrogen and oxygen atoms in total. The average molecular weight is 345 g/mol. The van der Waals surface area contributed by atoms with Crippen LogP contribution in [0.2, 0.25) is 0 Å². The first-order chi connectivity index (χ1) is 11.1. The Morgan fingerprint density at radius 2 is 2.04 bits per heavy atom. The molecule has 4 rings (SSSR count). The Balaban J connectivity index is 1.44. The summed E-state index contributed by atoms with van der Waals surface area (Å²) in [5.74, 6) is 0.105. The van der Waals surface area contributed by atoms with Gasteiger partial charge < -0.3 is 0 Å². The molecule has 1 saturated carbocycles. The van der Waals surface area contributed by atoms with E-state index in [1.54, 1.807) is 12.4 Å². The summed E-state index contributed by atoms with van der Waals surface area (Å²) in [6.45, 7) is 0.236. The molecule has 1 aliphatic carbocycles. The zero-order chi connectivity index (χ0) is 15.9. The molecule has 1 aliphatic rings. The van der Waals surface area contributed by atoms with Gasteiger partial charge in [0.2, 0.25) is 10.0 Å². The number of nitrogens with one attached hydrogen (secondary N) is 1. The van der Waals surface area contributed by atoms with Gasteiger partial charge in [0.25, 0.3) is 0 Å². The van der Waals surface area contributed by atoms with Gasteiger partial charge >= 0.3 is 0 Å². The molecule has 23 heavy (non-hydrogen) atoms. The standard InChI is InChI=1S/C16H15N3O2S2/c20-23(21,15-8-12(15)11-4-2-1-3-5-11)18-10-16-19-13-9-17-7-6-14(13)22-16/h1-7,9,12,15,18H,8,10H2/t12-,15+/m0/s1. The van der Waals surface area contributed by atoms with Crippen LogP contribution in [-0.2, 0) is 16.6 Å². The topological polar surface area (TPSA) is 72.0 Å². The Morgan fingerprint density at radius 1 is 1.22 bits per heavy atom. The van der Waals surface area contributed by atoms with Crippen LogP contribution < -0.4 is 4.72 Å². The number of hydrogen-bond donors (Lipinski definition) is 1. The minimum atomic E-state index is -3.32. The quantitative estimate of drug-likeness (QED) is 0.772. The van der Waals surface area contributed by atoms with Gasteiger partial charge in [-0.25, -0.2) is 18.1 Å². The highest BCUT2D eigenvalue weighted by atomic mass is 32.2. The van der Waals surface area contributed by atoms with E-state index in [4.69, 9.17) is 0 Å². The molecule has 2 aromatic heterocycles. The van der Waals surface area contributed by atoms with E-state index in [-0.39, 0.29) is 17.7 Å². The number of hydrogen-bond acceptors (Lipinski definition) is 5. The largest absolute Gasteiger partial charge is 0.262 e. The van der Waals surface area contributed by atoms with Crippen molar-refractivity contribution < 1.29 is 8.42 Å². The number of rotatable bonds is 5. The Kier molecular flexibility index (Phi) is 3.63. The van der Waals surface area contributed by atoms with Gasteiger partial charge in [-0.3, -0.25) is 4.98 Å². The van der Waals surface area contributed by atoms with Gasteiger partial charge in [-0.15, -0.1) is 11.3 Å². The van der Waals surface area contributed by atoms with Crippen LogP contribution in [0, 0.1) is 0 Å². The van der Waals surface area contributed by atoms with Gasteiger partial charge in [0, 0.05) is 12.1 Å². The predicted octanol–water partition coefficient (Wildman–Crippen LogP) is 2.67. The molecule has 118 valence electrons. The number of fused-ring (bicyclic) bond motifs is 1. The lowest BCUT2D eigenvalue weighted by Crippen LogP contribution is -2.27. The van der Waals surface area contributed by atoms with Crippen LogP contribution in [0.15, 0.2) is 48.8 Å². The molecule has 1 aromatic carbocycles. The lowest BCUT2D eigenvalue weighted by Gasteiger charge is -2.04. The summed E-state index contributed by atoms with van der Waals surface area (Å²) in [6, 6.07) is 11.7. The maximum absolute atomic E-state index is 12.4. The van der Waals surface area contributed by atoms with Crippen LogP contribution >= 0.6 is 11.3 Å². The smallest absolute Gasteiger partial charge is 0.215 e. The summed E-state index contributed by atoms with van der Waals surface area (Å²) < 4.78 is 28.6. The highest BCUT2D eigenvalue weighted by Gasteiger charge is 2.47. The molecule has 0 spiro atoms. The third kappa shape index (κ3) is 2.99. The van der Waals surface area contributed by atoms with Crippen LogP contribution in [0.1, 0.15) is 22.9 Å². The van der Waals surface area contributed by atoms with Crippen LogP contribution in [0.4, 0.5) is 0 Å². The minimum absolute atomic E-state index is 0.105. The van der Waals surface area contributed by atoms with Gasteiger partial charge in [0.15, 0.2) is 0 Å². The predicted molar refractivity (Wildman–Crippen MR) is 90.8 cm³/mol. The van der Waals surface area contributed by atoms with Crippen LogP contribution in [0.25, 0.3) is 10.2 Å². The maximum atomic E-state index is 12.4. The Morgan fingerprint density at radius 3 is 2.83 bits per heavy atom. The molecule has 0 saturated heterocycles. The summed E-state index contributed by atoms with van der Waals surface area (Å²) in [7, 11) is -3.32. The van der Waals surface area contributed by atoms with Crippen LogP contribution in [0.5, 0.6) is 0 Å². The number of thiazole rings is 1. The molecule has 2 atom stereocenters. The molecular weight excluding hydrogens is 330 g/mol. The summed E-state index contributed by atoms with van der Waals surface area (Å²) >= 11 is 1.49. The van der Waals surface area contributed by atoms with Crippen molar-refractivity contribution in [3.8, 4) is 0 Å². The first kappa shape index (κ1) is 14.7. The second kappa shape index (κ2) is 5.67. The van der Waals surface area contributed by atoms with Gasteiger partial charge in [-0.05, 0) is 18.1 Å². The summed E-state index contributed by atoms with van der Waals surface area (Å²) in [4.78, 5) is 8.42. The van der Waals surface area contributed by atoms with Crippen molar-refractivity contribution in [2.75, 3.05) is 0 Å². The number of aromatic nitrogens is 2. The van der Waals surface area contributed by atoms with Gasteiger partial charge in [0.1, 0.15) is 5.01 Å². The average Bonchev–Trinajstić information content (AvgIpc) is 3.28. The van der Waals surface area contributed by atoms with E-state index in [1.165, 1.54) is 11.3 Å². The highest BCUT2D eigenvalue weighted by Crippen LogP contribution is 2.45. The lowest BCUT2D eigenvalue weighted by molar-refractivity contribution is 0.579. The monoisotopic (exact) mass is 345 g/mol. The number of sulfonamides is 1. The molecule has 0 amide bonds. The third-order valence-electron chi connectivity index (χ3n) is 4.02. The third-order valence-corrected chi connectivity index (χ3v) is 6.92. The molecule has 0 unspecified atom stereocenters. The van der Waals surface area contributed by atoms with E-state index in [0.29, 0.717) is 6.42 Å². The number of nitrogens with zero attached hydrogens (tertiary/aromatic N) is 2. The molecule has 1 fully saturated rings. The normalized spacial score (nSPS) is 20.7. The molecule has 0 aliphatic heterocycles. The number of benzene rings is 1. The van der Waals surface area contributed by atoms with E-state index in [0.717, 1.165) is 20.8 Å². The number of pyridine rings is 1. The van der Waals surface area contributed by atoms with Gasteiger partial charge in [-0.1, -0.05) is 30.3 Å². The summed E-state index contributed by atoms with van der Waals surface area (Å²) in [5.41, 5.74) is 1.90. The van der Waals surface area contributed by atoms with Crippen molar-refractivity contribution in [2.24, 2.45) is 0 Å². The van der Waals surface area contributed by atoms with E-state index < -0.39 is 10.0 Å². The van der Waals surface area contributed by atoms with Crippen LogP contribution in [-0.4, -0.2) is 23.6 Å². The lowest BCUT2D eigenvalue weighted by atomic mass is 10.1. The van der Waals surface area contributed by atoms with Gasteiger partial charge in [-0.2, -0.15) is 0 Å². The zero-order valence-corrected chi connectivity index (χ0v) is 13.8. The second-order valence-electron chi connectivity index (χ2n) is 5.61. The maximum Gasteiger partial charge on any atom is 0.215 e. The summed E-state index contributed by atoms with van der Waals surface area (Å²) in [6.07, 6.45) is 4.09.